The van der Waals surface area contributed by atoms with Gasteiger partial charge in [-0.25, -0.2) is 0 Å². The van der Waals surface area contributed by atoms with Gasteiger partial charge in [0.1, 0.15) is 0 Å². The molecule has 1 saturated heterocycles. The van der Waals surface area contributed by atoms with E-state index < -0.39 is 0 Å². The molecule has 0 aliphatic carbocycles. The van der Waals surface area contributed by atoms with Crippen molar-refractivity contribution in [3.05, 3.63) is 64.7 Å². The van der Waals surface area contributed by atoms with Crippen LogP contribution in [0, 0.1) is 5.92 Å². The van der Waals surface area contributed by atoms with Gasteiger partial charge >= 0.3 is 0 Å². The summed E-state index contributed by atoms with van der Waals surface area (Å²) in [5.74, 6) is 0.617. The lowest BCUT2D eigenvalue weighted by Crippen LogP contribution is -2.38. The van der Waals surface area contributed by atoms with Crippen LogP contribution in [0.25, 0.3) is 0 Å². The van der Waals surface area contributed by atoms with E-state index >= 15 is 0 Å². The highest BCUT2D eigenvalue weighted by atomic mass is 35.5. The molecule has 0 spiro atoms. The Kier molecular flexibility index (Phi) is 7.62. The van der Waals surface area contributed by atoms with E-state index in [2.05, 4.69) is 40.7 Å². The second-order valence-corrected chi connectivity index (χ2v) is 8.36. The molecule has 0 unspecified atom stereocenters. The van der Waals surface area contributed by atoms with Gasteiger partial charge in [-0.1, -0.05) is 48.0 Å². The van der Waals surface area contributed by atoms with Gasteiger partial charge < -0.3 is 5.32 Å². The molecule has 1 aliphatic rings. The van der Waals surface area contributed by atoms with Crippen LogP contribution in [0.5, 0.6) is 0 Å². The van der Waals surface area contributed by atoms with Crippen LogP contribution < -0.4 is 5.32 Å². The van der Waals surface area contributed by atoms with E-state index in [9.17, 15) is 4.79 Å². The molecule has 144 valence electrons. The largest absolute Gasteiger partial charge is 0.356 e. The molecule has 0 bridgehead atoms. The first-order valence-corrected chi connectivity index (χ1v) is 11.1. The van der Waals surface area contributed by atoms with Crippen molar-refractivity contribution >= 4 is 29.3 Å². The molecule has 3 rings (SSSR count). The molecule has 3 nitrogen and oxygen atoms in total. The van der Waals surface area contributed by atoms with E-state index in [1.54, 1.807) is 0 Å². The molecular weight excluding hydrogens is 376 g/mol. The predicted molar refractivity (Wildman–Crippen MR) is 114 cm³/mol. The number of piperidine rings is 1. The van der Waals surface area contributed by atoms with Crippen molar-refractivity contribution in [1.29, 1.82) is 0 Å². The van der Waals surface area contributed by atoms with E-state index in [1.807, 2.05) is 36.0 Å². The average Bonchev–Trinajstić information content (AvgIpc) is 2.70. The topological polar surface area (TPSA) is 32.3 Å². The first kappa shape index (κ1) is 20.2. The Balaban J connectivity index is 1.40. The Morgan fingerprint density at radius 1 is 1.11 bits per heavy atom. The lowest BCUT2D eigenvalue weighted by Gasteiger charge is -2.32. The maximum Gasteiger partial charge on any atom is 0.224 e. The number of likely N-dealkylation sites (tertiary alicyclic amines) is 1. The van der Waals surface area contributed by atoms with E-state index in [0.29, 0.717) is 17.4 Å². The van der Waals surface area contributed by atoms with E-state index in [-0.39, 0.29) is 5.91 Å². The molecule has 0 atom stereocenters. The van der Waals surface area contributed by atoms with Crippen molar-refractivity contribution in [3.63, 3.8) is 0 Å². The first-order valence-electron chi connectivity index (χ1n) is 9.50. The second-order valence-electron chi connectivity index (χ2n) is 7.10. The van der Waals surface area contributed by atoms with Gasteiger partial charge in [-0.3, -0.25) is 9.69 Å². The highest BCUT2D eigenvalue weighted by Crippen LogP contribution is 2.24. The van der Waals surface area contributed by atoms with Crippen LogP contribution in [0.15, 0.2) is 53.4 Å². The number of carbonyl (C=O) groups is 1. The zero-order valence-electron chi connectivity index (χ0n) is 15.8. The van der Waals surface area contributed by atoms with Gasteiger partial charge in [0.2, 0.25) is 5.91 Å². The summed E-state index contributed by atoms with van der Waals surface area (Å²) in [4.78, 5) is 16.1. The summed E-state index contributed by atoms with van der Waals surface area (Å²) in [5, 5.41) is 3.75. The van der Waals surface area contributed by atoms with Gasteiger partial charge in [0.15, 0.2) is 0 Å². The number of nitrogens with zero attached hydrogens (tertiary/aromatic N) is 1. The second kappa shape index (κ2) is 10.2. The highest BCUT2D eigenvalue weighted by Gasteiger charge is 2.20. The van der Waals surface area contributed by atoms with Gasteiger partial charge in [-0.05, 0) is 61.4 Å². The van der Waals surface area contributed by atoms with Crippen molar-refractivity contribution in [3.8, 4) is 0 Å². The molecule has 0 radical (unpaired) electrons. The van der Waals surface area contributed by atoms with Gasteiger partial charge in [-0.2, -0.15) is 0 Å². The van der Waals surface area contributed by atoms with Crippen LogP contribution >= 0.6 is 23.4 Å². The molecule has 1 fully saturated rings. The standard InChI is InChI=1S/C22H27ClN2OS/c1-27-21-9-5-3-7-19(21)16-25-12-10-17(11-13-25)15-24-22(26)14-18-6-2-4-8-20(18)23/h2-9,17H,10-16H2,1H3,(H,24,26). The predicted octanol–water partition coefficient (Wildman–Crippen LogP) is 4.63. The number of benzene rings is 2. The zero-order valence-corrected chi connectivity index (χ0v) is 17.4. The van der Waals surface area contributed by atoms with E-state index in [1.165, 1.54) is 10.5 Å². The fraction of sp³-hybridized carbons (Fsp3) is 0.409. The number of hydrogen-bond acceptors (Lipinski definition) is 3. The monoisotopic (exact) mass is 402 g/mol. The smallest absolute Gasteiger partial charge is 0.224 e. The quantitative estimate of drug-likeness (QED) is 0.685. The number of thioether (sulfide) groups is 1. The Morgan fingerprint density at radius 3 is 2.48 bits per heavy atom. The van der Waals surface area contributed by atoms with Crippen LogP contribution in [-0.4, -0.2) is 36.7 Å². The Morgan fingerprint density at radius 2 is 1.78 bits per heavy atom. The number of halogens is 1. The first-order chi connectivity index (χ1) is 13.2. The molecule has 27 heavy (non-hydrogen) atoms. The zero-order chi connectivity index (χ0) is 19.1. The lowest BCUT2D eigenvalue weighted by molar-refractivity contribution is -0.120. The SMILES string of the molecule is CSc1ccccc1CN1CCC(CNC(=O)Cc2ccccc2Cl)CC1. The van der Waals surface area contributed by atoms with Gasteiger partial charge in [0.25, 0.3) is 0 Å². The summed E-state index contributed by atoms with van der Waals surface area (Å²) < 4.78 is 0. The summed E-state index contributed by atoms with van der Waals surface area (Å²) in [6.45, 7) is 3.96. The van der Waals surface area contributed by atoms with Crippen molar-refractivity contribution in [2.45, 2.75) is 30.7 Å². The summed E-state index contributed by atoms with van der Waals surface area (Å²) in [5.41, 5.74) is 2.30. The number of hydrogen-bond donors (Lipinski definition) is 1. The highest BCUT2D eigenvalue weighted by molar-refractivity contribution is 7.98. The summed E-state index contributed by atoms with van der Waals surface area (Å²) in [7, 11) is 0. The maximum absolute atomic E-state index is 12.2. The average molecular weight is 403 g/mol. The summed E-state index contributed by atoms with van der Waals surface area (Å²) in [6.07, 6.45) is 4.75. The Hall–Kier alpha value is -1.49. The van der Waals surface area contributed by atoms with E-state index in [4.69, 9.17) is 11.6 Å². The van der Waals surface area contributed by atoms with Crippen molar-refractivity contribution in [1.82, 2.24) is 10.2 Å². The van der Waals surface area contributed by atoms with Crippen LogP contribution in [0.3, 0.4) is 0 Å². The third-order valence-electron chi connectivity index (χ3n) is 5.19. The summed E-state index contributed by atoms with van der Waals surface area (Å²) >= 11 is 7.95. The molecular formula is C22H27ClN2OS. The van der Waals surface area contributed by atoms with Crippen LogP contribution in [0.1, 0.15) is 24.0 Å². The van der Waals surface area contributed by atoms with Crippen molar-refractivity contribution in [2.75, 3.05) is 25.9 Å². The fourth-order valence-electron chi connectivity index (χ4n) is 3.56. The lowest BCUT2D eigenvalue weighted by atomic mass is 9.96. The molecule has 1 N–H and O–H groups in total. The molecule has 1 heterocycles. The third kappa shape index (κ3) is 6.00. The minimum absolute atomic E-state index is 0.0550. The van der Waals surface area contributed by atoms with Gasteiger partial charge in [0.05, 0.1) is 6.42 Å². The van der Waals surface area contributed by atoms with Crippen LogP contribution in [-0.2, 0) is 17.8 Å². The Bertz CT molecular complexity index is 759. The van der Waals surface area contributed by atoms with E-state index in [0.717, 1.165) is 44.6 Å². The normalized spacial score (nSPS) is 15.6. The van der Waals surface area contributed by atoms with Crippen molar-refractivity contribution in [2.24, 2.45) is 5.92 Å². The molecule has 5 heteroatoms. The minimum atomic E-state index is 0.0550. The van der Waals surface area contributed by atoms with Crippen LogP contribution in [0.4, 0.5) is 0 Å². The third-order valence-corrected chi connectivity index (χ3v) is 6.40. The van der Waals surface area contributed by atoms with Crippen LogP contribution in [0.2, 0.25) is 5.02 Å². The molecule has 0 saturated carbocycles. The van der Waals surface area contributed by atoms with Gasteiger partial charge in [0, 0.05) is 23.0 Å². The number of rotatable bonds is 7. The van der Waals surface area contributed by atoms with Crippen molar-refractivity contribution < 1.29 is 4.79 Å². The number of carbonyl (C=O) groups excluding carboxylic acids is 1. The minimum Gasteiger partial charge on any atom is -0.356 e. The molecule has 2 aromatic carbocycles. The fourth-order valence-corrected chi connectivity index (χ4v) is 4.37. The van der Waals surface area contributed by atoms with Gasteiger partial charge in [-0.15, -0.1) is 11.8 Å². The molecule has 2 aromatic rings. The molecule has 1 amide bonds. The Labute approximate surface area is 171 Å². The number of amides is 1. The molecule has 0 aromatic heterocycles. The maximum atomic E-state index is 12.2. The molecule has 1 aliphatic heterocycles. The number of nitrogens with one attached hydrogen (secondary N) is 1. The summed E-state index contributed by atoms with van der Waals surface area (Å²) in [6, 6.07) is 16.2.